The Kier molecular flexibility index (Phi) is 31.5. The third-order valence-corrected chi connectivity index (χ3v) is 16.8. The minimum Gasteiger partial charge on any atom is -0.487 e. The van der Waals surface area contributed by atoms with Crippen LogP contribution in [0.15, 0.2) is 54.2 Å². The summed E-state index contributed by atoms with van der Waals surface area (Å²) in [7, 11) is -6.60. The van der Waals surface area contributed by atoms with E-state index in [9.17, 15) is 41.1 Å². The summed E-state index contributed by atoms with van der Waals surface area (Å²) in [6.07, 6.45) is -5.67. The van der Waals surface area contributed by atoms with Crippen LogP contribution in [0, 0.1) is 5.92 Å². The average molecular weight is 1350 g/mol. The Morgan fingerprint density at radius 1 is 0.696 bits per heavy atom. The van der Waals surface area contributed by atoms with Crippen LogP contribution >= 0.6 is 10.9 Å². The fraction of sp³-hybridized carbons (Fsp3) is 0.762. The molecule has 2 amide bonds. The zero-order chi connectivity index (χ0) is 67.7. The number of benzene rings is 1. The minimum absolute atomic E-state index is 0.0593. The van der Waals surface area contributed by atoms with Gasteiger partial charge in [-0.15, -0.1) is 6.58 Å². The van der Waals surface area contributed by atoms with Crippen molar-refractivity contribution in [3.05, 3.63) is 59.7 Å². The van der Waals surface area contributed by atoms with E-state index >= 15 is 17.6 Å². The highest BCUT2D eigenvalue weighted by atomic mass is 32.3. The van der Waals surface area contributed by atoms with Crippen molar-refractivity contribution in [1.29, 1.82) is 0 Å². The second-order valence-electron chi connectivity index (χ2n) is 23.7. The van der Waals surface area contributed by atoms with E-state index in [1.807, 2.05) is 13.0 Å². The van der Waals surface area contributed by atoms with Crippen molar-refractivity contribution in [2.45, 2.75) is 216 Å². The van der Waals surface area contributed by atoms with E-state index in [0.29, 0.717) is 115 Å². The van der Waals surface area contributed by atoms with Gasteiger partial charge in [-0.25, -0.2) is 4.74 Å². The normalized spacial score (nSPS) is 22.9. The number of allylic oxidation sites excluding steroid dienone is 5. The third-order valence-electron chi connectivity index (χ3n) is 15.4. The van der Waals surface area contributed by atoms with Gasteiger partial charge in [0.25, 0.3) is 5.91 Å². The van der Waals surface area contributed by atoms with Gasteiger partial charge in [-0.05, 0) is 129 Å². The van der Waals surface area contributed by atoms with Crippen LogP contribution < -0.4 is 20.1 Å². The predicted octanol–water partition coefficient (Wildman–Crippen LogP) is 13.1. The predicted molar refractivity (Wildman–Crippen MR) is 323 cm³/mol. The topological polar surface area (TPSA) is 236 Å². The lowest BCUT2D eigenvalue weighted by Gasteiger charge is -2.42. The number of alkyl halides is 8. The molecule has 0 aliphatic carbocycles. The first-order chi connectivity index (χ1) is 43.4. The van der Waals surface area contributed by atoms with Gasteiger partial charge < -0.3 is 71.8 Å². The standard InChI is InChI=1S/C63H96F8N2O18S/c1-8-45(22-14-12-21-31-73-55(76)48-27-28-50-51(43-48)84-41-39-82-37-35-80-33-32-79-34-36-81-38-40-83-50)42-47(46(9-2)23-15-11-17-25-49(74)10-3)24-16-13-20-30-72-52(75)26-18-19-29-60(64,65)61(66,67)91-62(68,69)63(70,71)92(77,78)89-54-53-56(87-58(6,7)86-53)88-59(54)44-85-57(4,5)90-59/h9,22,24,27-28,43,46,53-54,56,77-78H,2,8,10-21,23,25-26,29-42,44H2,1,3-7H3,(H,72,75)(H,73,76)/b45-22+,47-24+/t46?,53?,54-,56+,59+/m1/s1. The molecule has 5 atom stereocenters. The summed E-state index contributed by atoms with van der Waals surface area (Å²) in [6, 6.07) is 5.02. The molecule has 3 saturated heterocycles. The van der Waals surface area contributed by atoms with Crippen LogP contribution in [0.2, 0.25) is 0 Å². The van der Waals surface area contributed by atoms with E-state index in [1.165, 1.54) is 38.8 Å². The summed E-state index contributed by atoms with van der Waals surface area (Å²) in [5.74, 6) is -10.6. The van der Waals surface area contributed by atoms with Crippen LogP contribution in [0.3, 0.4) is 0 Å². The maximum absolute atomic E-state index is 15.4. The minimum atomic E-state index is -6.70. The Morgan fingerprint density at radius 3 is 1.89 bits per heavy atom. The first-order valence-corrected chi connectivity index (χ1v) is 33.2. The molecule has 2 unspecified atom stereocenters. The van der Waals surface area contributed by atoms with Crippen LogP contribution in [0.4, 0.5) is 35.1 Å². The Bertz CT molecular complexity index is 2530. The molecule has 4 heterocycles. The summed E-state index contributed by atoms with van der Waals surface area (Å²) < 4.78 is 210. The van der Waals surface area contributed by atoms with E-state index in [1.54, 1.807) is 18.2 Å². The van der Waals surface area contributed by atoms with Gasteiger partial charge >= 0.3 is 23.4 Å². The van der Waals surface area contributed by atoms with Crippen molar-refractivity contribution in [2.24, 2.45) is 5.92 Å². The lowest BCUT2D eigenvalue weighted by Crippen LogP contribution is -2.56. The summed E-state index contributed by atoms with van der Waals surface area (Å²) in [5.41, 5.74) is 2.82. The van der Waals surface area contributed by atoms with Gasteiger partial charge in [-0.2, -0.15) is 35.1 Å². The molecule has 528 valence electrons. The molecule has 5 rings (SSSR count). The van der Waals surface area contributed by atoms with Crippen molar-refractivity contribution >= 4 is 28.5 Å². The molecular formula is C63H96F8N2O18S. The fourth-order valence-corrected chi connectivity index (χ4v) is 11.4. The highest BCUT2D eigenvalue weighted by Gasteiger charge is 2.77. The zero-order valence-corrected chi connectivity index (χ0v) is 54.6. The zero-order valence-electron chi connectivity index (χ0n) is 53.8. The number of Topliss-reactive ketones (excluding diaryl/α,β-unsaturated/α-hetero) is 1. The van der Waals surface area contributed by atoms with Crippen LogP contribution in [-0.2, 0) is 61.1 Å². The fourth-order valence-electron chi connectivity index (χ4n) is 10.3. The summed E-state index contributed by atoms with van der Waals surface area (Å²) in [4.78, 5) is 37.8. The number of carbonyl (C=O) groups is 3. The number of nitrogens with one attached hydrogen (secondary N) is 2. The second kappa shape index (κ2) is 36.9. The van der Waals surface area contributed by atoms with Gasteiger partial charge in [0, 0.05) is 44.3 Å². The van der Waals surface area contributed by atoms with Crippen molar-refractivity contribution in [3.63, 3.8) is 0 Å². The number of hydrogen-bond donors (Lipinski definition) is 4. The molecule has 0 saturated carbocycles. The Labute approximate surface area is 536 Å². The first-order valence-electron chi connectivity index (χ1n) is 31.7. The van der Waals surface area contributed by atoms with E-state index in [4.69, 9.17) is 56.3 Å². The molecule has 4 N–H and O–H groups in total. The number of rotatable bonds is 35. The number of unbranched alkanes of at least 4 members (excludes halogenated alkanes) is 7. The monoisotopic (exact) mass is 1350 g/mol. The lowest BCUT2D eigenvalue weighted by molar-refractivity contribution is -0.457. The Balaban J connectivity index is 1.06. The number of fused-ring (bicyclic) bond motifs is 2. The third kappa shape index (κ3) is 24.2. The van der Waals surface area contributed by atoms with Gasteiger partial charge in [0.1, 0.15) is 31.7 Å². The smallest absolute Gasteiger partial charge is 0.439 e. The molecule has 4 aliphatic rings. The number of ketones is 1. The molecular weight excluding hydrogens is 1260 g/mol. The van der Waals surface area contributed by atoms with E-state index in [2.05, 4.69) is 41.0 Å². The van der Waals surface area contributed by atoms with Crippen molar-refractivity contribution in [3.8, 4) is 11.5 Å². The SMILES string of the molecule is C=CC(CCCCCC(=O)CC)/C(=C/CCCCNC(=O)CCCCC(F)(F)C(F)(F)OC(F)(F)C(F)(F)S(O)(O)O[C@@H]1C2OC(C)(C)O[C@H]2O[C@]12COC(C)(C)O2)C/C(=C/CCCCNC(=O)c1ccc2c(c1)OCCOCCOCCOCCOCCO2)CC. The molecule has 1 aromatic carbocycles. The molecule has 29 heteroatoms. The van der Waals surface area contributed by atoms with Gasteiger partial charge in [-0.3, -0.25) is 18.6 Å². The second-order valence-corrected chi connectivity index (χ2v) is 25.4. The molecule has 3 fully saturated rings. The number of hydrogen-bond acceptors (Lipinski definition) is 18. The van der Waals surface area contributed by atoms with Crippen molar-refractivity contribution < 1.29 is 120 Å². The van der Waals surface area contributed by atoms with Crippen molar-refractivity contribution in [1.82, 2.24) is 10.6 Å². The highest BCUT2D eigenvalue weighted by Crippen LogP contribution is 2.66. The molecule has 20 nitrogen and oxygen atoms in total. The maximum atomic E-state index is 15.4. The summed E-state index contributed by atoms with van der Waals surface area (Å²) in [5, 5.41) is -0.864. The lowest BCUT2D eigenvalue weighted by atomic mass is 9.86. The maximum Gasteiger partial charge on any atom is 0.439 e. The Hall–Kier alpha value is -4.08. The van der Waals surface area contributed by atoms with E-state index in [0.717, 1.165) is 51.4 Å². The van der Waals surface area contributed by atoms with Crippen LogP contribution in [0.25, 0.3) is 0 Å². The molecule has 0 radical (unpaired) electrons. The molecule has 1 aromatic rings. The molecule has 4 aliphatic heterocycles. The molecule has 1 spiro atoms. The van der Waals surface area contributed by atoms with Gasteiger partial charge in [0.05, 0.1) is 52.9 Å². The van der Waals surface area contributed by atoms with E-state index < -0.39 is 108 Å². The van der Waals surface area contributed by atoms with E-state index in [-0.39, 0.29) is 37.4 Å². The number of amides is 2. The molecule has 0 bridgehead atoms. The highest BCUT2D eigenvalue weighted by molar-refractivity contribution is 8.21. The Morgan fingerprint density at radius 2 is 1.29 bits per heavy atom. The summed E-state index contributed by atoms with van der Waals surface area (Å²) in [6.45, 7) is 17.1. The first kappa shape index (κ1) is 78.6. The van der Waals surface area contributed by atoms with Gasteiger partial charge in [0.15, 0.2) is 46.3 Å². The van der Waals surface area contributed by atoms with Gasteiger partial charge in [-0.1, -0.05) is 56.1 Å². The van der Waals surface area contributed by atoms with Crippen LogP contribution in [0.1, 0.15) is 167 Å². The van der Waals surface area contributed by atoms with Crippen LogP contribution in [0.5, 0.6) is 11.5 Å². The average Bonchev–Trinajstić information content (AvgIpc) is 1.52. The molecule has 0 aromatic heterocycles. The van der Waals surface area contributed by atoms with Crippen molar-refractivity contribution in [2.75, 3.05) is 85.8 Å². The van der Waals surface area contributed by atoms with Gasteiger partial charge in [0.2, 0.25) is 11.7 Å². The van der Waals surface area contributed by atoms with Crippen LogP contribution in [-0.4, -0.2) is 172 Å². The quantitative estimate of drug-likeness (QED) is 0.0281. The largest absolute Gasteiger partial charge is 0.487 e. The molecule has 92 heavy (non-hydrogen) atoms. The summed E-state index contributed by atoms with van der Waals surface area (Å²) >= 11 is 0. The number of halogens is 8. The number of carbonyl (C=O) groups excluding carboxylic acids is 3. The number of ether oxygens (including phenoxy) is 12.